The van der Waals surface area contributed by atoms with Crippen LogP contribution in [0.1, 0.15) is 48.4 Å². The molecule has 0 bridgehead atoms. The third-order valence-electron chi connectivity index (χ3n) is 6.20. The molecule has 1 aliphatic heterocycles. The molecule has 1 saturated heterocycles. The van der Waals surface area contributed by atoms with Crippen molar-refractivity contribution in [3.63, 3.8) is 0 Å². The minimum atomic E-state index is -0.961. The van der Waals surface area contributed by atoms with E-state index in [2.05, 4.69) is 15.5 Å². The first-order valence-electron chi connectivity index (χ1n) is 11.2. The molecular formula is C24H30N4O4S. The van der Waals surface area contributed by atoms with Gasteiger partial charge in [-0.3, -0.25) is 9.69 Å². The second-order valence-corrected chi connectivity index (χ2v) is 9.44. The Hall–Kier alpha value is -2.59. The highest BCUT2D eigenvalue weighted by Gasteiger charge is 2.42. The number of thiazole rings is 1. The number of nitrogens with zero attached hydrogens (tertiary/aromatic N) is 3. The van der Waals surface area contributed by atoms with Gasteiger partial charge in [0, 0.05) is 19.2 Å². The largest absolute Gasteiger partial charge is 0.392 e. The van der Waals surface area contributed by atoms with Crippen molar-refractivity contribution in [1.82, 2.24) is 20.4 Å². The van der Waals surface area contributed by atoms with Crippen LogP contribution < -0.4 is 5.32 Å². The molecule has 4 rings (SSSR count). The summed E-state index contributed by atoms with van der Waals surface area (Å²) in [4.78, 5) is 20.1. The van der Waals surface area contributed by atoms with E-state index >= 15 is 0 Å². The highest BCUT2D eigenvalue weighted by molar-refractivity contribution is 7.13. The van der Waals surface area contributed by atoms with E-state index in [1.54, 1.807) is 22.3 Å². The quantitative estimate of drug-likeness (QED) is 0.464. The maximum absolute atomic E-state index is 13.0. The second-order valence-electron chi connectivity index (χ2n) is 8.58. The summed E-state index contributed by atoms with van der Waals surface area (Å²) < 4.78 is 5.37. The second kappa shape index (κ2) is 10.1. The topological polar surface area (TPSA) is 112 Å². The van der Waals surface area contributed by atoms with Crippen LogP contribution in [0.25, 0.3) is 10.4 Å². The first-order valence-corrected chi connectivity index (χ1v) is 12.1. The maximum atomic E-state index is 13.0. The molecule has 1 fully saturated rings. The van der Waals surface area contributed by atoms with E-state index in [-0.39, 0.29) is 24.8 Å². The molecule has 2 aromatic heterocycles. The Morgan fingerprint density at radius 2 is 2.09 bits per heavy atom. The fourth-order valence-electron chi connectivity index (χ4n) is 4.40. The van der Waals surface area contributed by atoms with E-state index in [9.17, 15) is 15.0 Å². The molecule has 1 aromatic carbocycles. The summed E-state index contributed by atoms with van der Waals surface area (Å²) >= 11 is 1.61. The van der Waals surface area contributed by atoms with Crippen LogP contribution >= 0.6 is 11.3 Å². The Labute approximate surface area is 197 Å². The molecule has 1 aliphatic rings. The zero-order valence-corrected chi connectivity index (χ0v) is 19.9. The minimum absolute atomic E-state index is 0.211. The lowest BCUT2D eigenvalue weighted by molar-refractivity contribution is -0.130. The molecule has 176 valence electrons. The number of nitrogens with one attached hydrogen (secondary N) is 1. The van der Waals surface area contributed by atoms with Gasteiger partial charge in [0.2, 0.25) is 5.91 Å². The van der Waals surface area contributed by atoms with Crippen molar-refractivity contribution in [1.29, 1.82) is 0 Å². The Morgan fingerprint density at radius 3 is 2.70 bits per heavy atom. The summed E-state index contributed by atoms with van der Waals surface area (Å²) in [5.41, 5.74) is 5.66. The molecule has 0 saturated carbocycles. The van der Waals surface area contributed by atoms with Gasteiger partial charge in [0.1, 0.15) is 12.0 Å². The van der Waals surface area contributed by atoms with Crippen molar-refractivity contribution in [2.75, 3.05) is 6.54 Å². The van der Waals surface area contributed by atoms with Crippen LogP contribution in [-0.2, 0) is 11.3 Å². The van der Waals surface area contributed by atoms with Crippen LogP contribution in [0.3, 0.4) is 0 Å². The predicted molar refractivity (Wildman–Crippen MR) is 126 cm³/mol. The summed E-state index contributed by atoms with van der Waals surface area (Å²) in [5.74, 6) is 0.0328. The number of carbonyl (C=O) groups is 1. The summed E-state index contributed by atoms with van der Waals surface area (Å²) in [6.07, 6.45) is -0.746. The molecule has 3 heterocycles. The molecule has 8 nitrogen and oxygen atoms in total. The van der Waals surface area contributed by atoms with Gasteiger partial charge >= 0.3 is 0 Å². The van der Waals surface area contributed by atoms with Crippen LogP contribution in [0.5, 0.6) is 0 Å². The van der Waals surface area contributed by atoms with Crippen molar-refractivity contribution in [2.45, 2.75) is 64.4 Å². The first-order chi connectivity index (χ1) is 15.9. The van der Waals surface area contributed by atoms with Gasteiger partial charge in [-0.05, 0) is 37.8 Å². The zero-order valence-electron chi connectivity index (χ0n) is 19.1. The Bertz CT molecular complexity index is 1080. The average Bonchev–Trinajstić information content (AvgIpc) is 3.53. The molecule has 9 heteroatoms. The number of likely N-dealkylation sites (tertiary alicyclic amines) is 1. The monoisotopic (exact) mass is 470 g/mol. The lowest BCUT2D eigenvalue weighted by Crippen LogP contribution is -2.49. The molecule has 3 aromatic rings. The Morgan fingerprint density at radius 1 is 1.33 bits per heavy atom. The van der Waals surface area contributed by atoms with Crippen molar-refractivity contribution in [3.8, 4) is 10.4 Å². The third-order valence-corrected chi connectivity index (χ3v) is 7.18. The van der Waals surface area contributed by atoms with E-state index in [1.807, 2.05) is 50.5 Å². The number of carbonyl (C=O) groups excluding carboxylic acids is 1. The molecule has 33 heavy (non-hydrogen) atoms. The van der Waals surface area contributed by atoms with Gasteiger partial charge < -0.3 is 20.1 Å². The average molecular weight is 471 g/mol. The standard InChI is InChI=1S/C24H30N4O4S/c1-4-19(21-9-14(2)27-32-21)24(31)28-12-18(29)10-20(28)23(30)25-11-16-5-7-17(8-6-16)22-15(3)26-13-33-22/h5-9,13,18-20,24,29,31H,4,10-12H2,1-3H3,(H,25,30)/t18-,19-,20+,24?/m1/s1. The molecule has 3 N–H and O–H groups in total. The molecule has 1 amide bonds. The van der Waals surface area contributed by atoms with Gasteiger partial charge in [-0.2, -0.15) is 0 Å². The fraction of sp³-hybridized carbons (Fsp3) is 0.458. The number of aryl methyl sites for hydroxylation is 2. The van der Waals surface area contributed by atoms with Crippen molar-refractivity contribution >= 4 is 17.2 Å². The smallest absolute Gasteiger partial charge is 0.237 e. The number of aromatic nitrogens is 2. The van der Waals surface area contributed by atoms with Gasteiger partial charge in [-0.1, -0.05) is 36.3 Å². The summed E-state index contributed by atoms with van der Waals surface area (Å²) in [6.45, 7) is 6.36. The number of β-amino-alcohol motifs (C(OH)–C–C–N with tert-alkyl or cyclic N) is 1. The van der Waals surface area contributed by atoms with Gasteiger partial charge in [-0.25, -0.2) is 4.98 Å². The molecule has 1 unspecified atom stereocenters. The minimum Gasteiger partial charge on any atom is -0.392 e. The van der Waals surface area contributed by atoms with E-state index < -0.39 is 18.4 Å². The summed E-state index contributed by atoms with van der Waals surface area (Å²) in [6, 6.07) is 9.22. The summed E-state index contributed by atoms with van der Waals surface area (Å²) in [5, 5.41) is 28.2. The van der Waals surface area contributed by atoms with E-state index in [0.29, 0.717) is 18.7 Å². The molecule has 0 spiro atoms. The number of hydrogen-bond donors (Lipinski definition) is 3. The first kappa shape index (κ1) is 23.6. The fourth-order valence-corrected chi connectivity index (χ4v) is 5.21. The number of aliphatic hydroxyl groups excluding tert-OH is 2. The Kier molecular flexibility index (Phi) is 7.23. The van der Waals surface area contributed by atoms with Crippen LogP contribution in [-0.4, -0.2) is 56.1 Å². The van der Waals surface area contributed by atoms with E-state index in [1.165, 1.54) is 0 Å². The van der Waals surface area contributed by atoms with Crippen LogP contribution in [0.2, 0.25) is 0 Å². The Balaban J connectivity index is 1.40. The normalized spacial score (nSPS) is 20.6. The number of amides is 1. The van der Waals surface area contributed by atoms with Gasteiger partial charge in [0.05, 0.1) is 39.8 Å². The van der Waals surface area contributed by atoms with Crippen LogP contribution in [0, 0.1) is 13.8 Å². The van der Waals surface area contributed by atoms with Crippen molar-refractivity contribution in [3.05, 3.63) is 58.6 Å². The summed E-state index contributed by atoms with van der Waals surface area (Å²) in [7, 11) is 0. The van der Waals surface area contributed by atoms with E-state index in [4.69, 9.17) is 4.52 Å². The number of aliphatic hydroxyl groups is 2. The maximum Gasteiger partial charge on any atom is 0.237 e. The van der Waals surface area contributed by atoms with E-state index in [0.717, 1.165) is 27.4 Å². The number of rotatable bonds is 8. The number of hydrogen-bond acceptors (Lipinski definition) is 8. The lowest BCUT2D eigenvalue weighted by Gasteiger charge is -2.32. The van der Waals surface area contributed by atoms with Crippen LogP contribution in [0.4, 0.5) is 0 Å². The van der Waals surface area contributed by atoms with Crippen LogP contribution in [0.15, 0.2) is 40.4 Å². The van der Waals surface area contributed by atoms with Gasteiger partial charge in [0.25, 0.3) is 0 Å². The highest BCUT2D eigenvalue weighted by atomic mass is 32.1. The van der Waals surface area contributed by atoms with Crippen molar-refractivity contribution in [2.24, 2.45) is 0 Å². The third kappa shape index (κ3) is 5.16. The van der Waals surface area contributed by atoms with Gasteiger partial charge in [0.15, 0.2) is 0 Å². The number of benzene rings is 1. The van der Waals surface area contributed by atoms with Crippen molar-refractivity contribution < 1.29 is 19.5 Å². The molecule has 0 aliphatic carbocycles. The lowest BCUT2D eigenvalue weighted by atomic mass is 9.99. The predicted octanol–water partition coefficient (Wildman–Crippen LogP) is 2.98. The molecule has 4 atom stereocenters. The molecule has 0 radical (unpaired) electrons. The SMILES string of the molecule is CC[C@H](c1cc(C)no1)C(O)N1C[C@H](O)C[C@H]1C(=O)NCc1ccc(-c2scnc2C)cc1. The van der Waals surface area contributed by atoms with Gasteiger partial charge in [-0.15, -0.1) is 11.3 Å². The molecular weight excluding hydrogens is 440 g/mol. The highest BCUT2D eigenvalue weighted by Crippen LogP contribution is 2.31. The zero-order chi connectivity index (χ0) is 23.5.